The van der Waals surface area contributed by atoms with Crippen molar-refractivity contribution in [3.63, 3.8) is 0 Å². The summed E-state index contributed by atoms with van der Waals surface area (Å²) in [6.07, 6.45) is 15.2. The van der Waals surface area contributed by atoms with Crippen LogP contribution >= 0.6 is 0 Å². The Morgan fingerprint density at radius 2 is 1.66 bits per heavy atom. The van der Waals surface area contributed by atoms with Crippen molar-refractivity contribution in [3.8, 4) is 0 Å². The Labute approximate surface area is 206 Å². The van der Waals surface area contributed by atoms with E-state index in [1.807, 2.05) is 18.2 Å². The van der Waals surface area contributed by atoms with E-state index in [1.54, 1.807) is 35.5 Å². The van der Waals surface area contributed by atoms with Gasteiger partial charge in [-0.2, -0.15) is 0 Å². The molecule has 0 saturated heterocycles. The van der Waals surface area contributed by atoms with Crippen LogP contribution in [0.5, 0.6) is 0 Å². The SMILES string of the molecule is O=C(NC1CCCC1)C(c1cccnc1)N(C(=O)c1ccco1)c1ccc(C2CCCCC2)cc1. The van der Waals surface area contributed by atoms with Gasteiger partial charge in [-0.3, -0.25) is 19.5 Å². The smallest absolute Gasteiger partial charge is 0.294 e. The van der Waals surface area contributed by atoms with Crippen LogP contribution in [0.4, 0.5) is 5.69 Å². The zero-order chi connectivity index (χ0) is 24.0. The second kappa shape index (κ2) is 10.9. The van der Waals surface area contributed by atoms with Crippen LogP contribution < -0.4 is 10.2 Å². The highest BCUT2D eigenvalue weighted by Gasteiger charge is 2.36. The van der Waals surface area contributed by atoms with E-state index < -0.39 is 6.04 Å². The number of carbonyl (C=O) groups excluding carboxylic acids is 2. The minimum Gasteiger partial charge on any atom is -0.459 e. The Morgan fingerprint density at radius 1 is 0.914 bits per heavy atom. The lowest BCUT2D eigenvalue weighted by molar-refractivity contribution is -0.123. The van der Waals surface area contributed by atoms with Crippen LogP contribution in [0.15, 0.2) is 71.6 Å². The molecule has 2 saturated carbocycles. The molecule has 3 aromatic rings. The van der Waals surface area contributed by atoms with Gasteiger partial charge in [0.1, 0.15) is 6.04 Å². The van der Waals surface area contributed by atoms with E-state index >= 15 is 0 Å². The van der Waals surface area contributed by atoms with Crippen LogP contribution in [0.3, 0.4) is 0 Å². The maximum atomic E-state index is 13.8. The normalized spacial score (nSPS) is 17.7. The number of pyridine rings is 1. The molecular weight excluding hydrogens is 438 g/mol. The van der Waals surface area contributed by atoms with Gasteiger partial charge in [-0.05, 0) is 67.5 Å². The number of amides is 2. The van der Waals surface area contributed by atoms with Crippen LogP contribution in [-0.4, -0.2) is 22.8 Å². The molecule has 1 atom stereocenters. The van der Waals surface area contributed by atoms with Crippen LogP contribution in [-0.2, 0) is 4.79 Å². The second-order valence-electron chi connectivity index (χ2n) is 9.76. The molecule has 2 heterocycles. The highest BCUT2D eigenvalue weighted by atomic mass is 16.3. The van der Waals surface area contributed by atoms with E-state index in [-0.39, 0.29) is 23.6 Å². The highest BCUT2D eigenvalue weighted by Crippen LogP contribution is 2.35. The van der Waals surface area contributed by atoms with Crippen molar-refractivity contribution in [1.82, 2.24) is 10.3 Å². The number of anilines is 1. The summed E-state index contributed by atoms with van der Waals surface area (Å²) in [6, 6.07) is 14.4. The van der Waals surface area contributed by atoms with Crippen LogP contribution in [0.1, 0.15) is 91.4 Å². The average molecular weight is 472 g/mol. The van der Waals surface area contributed by atoms with Crippen molar-refractivity contribution < 1.29 is 14.0 Å². The number of nitrogens with one attached hydrogen (secondary N) is 1. The molecule has 2 fully saturated rings. The number of benzene rings is 1. The van der Waals surface area contributed by atoms with E-state index in [9.17, 15) is 9.59 Å². The van der Waals surface area contributed by atoms with Crippen molar-refractivity contribution in [2.75, 3.05) is 4.90 Å². The number of carbonyl (C=O) groups is 2. The number of rotatable bonds is 7. The maximum absolute atomic E-state index is 13.8. The molecule has 0 aliphatic heterocycles. The van der Waals surface area contributed by atoms with Crippen LogP contribution in [0.2, 0.25) is 0 Å². The third kappa shape index (κ3) is 5.31. The van der Waals surface area contributed by atoms with Crippen molar-refractivity contribution >= 4 is 17.5 Å². The molecule has 0 spiro atoms. The Hall–Kier alpha value is -3.41. The highest BCUT2D eigenvalue weighted by molar-refractivity contribution is 6.08. The minimum atomic E-state index is -0.859. The summed E-state index contributed by atoms with van der Waals surface area (Å²) < 4.78 is 5.48. The molecule has 35 heavy (non-hydrogen) atoms. The van der Waals surface area contributed by atoms with Gasteiger partial charge in [0.05, 0.1) is 6.26 Å². The van der Waals surface area contributed by atoms with E-state index in [0.717, 1.165) is 25.7 Å². The Kier molecular flexibility index (Phi) is 7.26. The molecular formula is C29H33N3O3. The molecule has 0 bridgehead atoms. The summed E-state index contributed by atoms with van der Waals surface area (Å²) in [4.78, 5) is 33.3. The molecule has 6 nitrogen and oxygen atoms in total. The summed E-state index contributed by atoms with van der Waals surface area (Å²) >= 11 is 0. The van der Waals surface area contributed by atoms with Gasteiger partial charge in [0, 0.05) is 29.7 Å². The first-order chi connectivity index (χ1) is 17.2. The molecule has 1 unspecified atom stereocenters. The quantitative estimate of drug-likeness (QED) is 0.447. The van der Waals surface area contributed by atoms with Gasteiger partial charge in [0.15, 0.2) is 5.76 Å². The van der Waals surface area contributed by atoms with E-state index in [0.29, 0.717) is 17.2 Å². The average Bonchev–Trinajstić information content (AvgIpc) is 3.63. The predicted molar refractivity (Wildman–Crippen MR) is 135 cm³/mol. The van der Waals surface area contributed by atoms with Gasteiger partial charge < -0.3 is 9.73 Å². The summed E-state index contributed by atoms with van der Waals surface area (Å²) in [5, 5.41) is 3.20. The summed E-state index contributed by atoms with van der Waals surface area (Å²) in [5.74, 6) is 0.215. The van der Waals surface area contributed by atoms with Crippen molar-refractivity contribution in [2.45, 2.75) is 75.8 Å². The fourth-order valence-electron chi connectivity index (χ4n) is 5.55. The Morgan fingerprint density at radius 3 is 2.31 bits per heavy atom. The van der Waals surface area contributed by atoms with E-state index in [1.165, 1.54) is 43.9 Å². The zero-order valence-electron chi connectivity index (χ0n) is 20.1. The number of nitrogens with zero attached hydrogens (tertiary/aromatic N) is 2. The van der Waals surface area contributed by atoms with Crippen molar-refractivity contribution in [3.05, 3.63) is 84.1 Å². The van der Waals surface area contributed by atoms with Gasteiger partial charge in [-0.15, -0.1) is 0 Å². The van der Waals surface area contributed by atoms with Crippen LogP contribution in [0.25, 0.3) is 0 Å². The summed E-state index contributed by atoms with van der Waals surface area (Å²) in [6.45, 7) is 0. The zero-order valence-corrected chi connectivity index (χ0v) is 20.1. The molecule has 2 aromatic heterocycles. The lowest BCUT2D eigenvalue weighted by Gasteiger charge is -2.32. The largest absolute Gasteiger partial charge is 0.459 e. The molecule has 2 aliphatic rings. The number of hydrogen-bond acceptors (Lipinski definition) is 4. The van der Waals surface area contributed by atoms with E-state index in [4.69, 9.17) is 4.42 Å². The maximum Gasteiger partial charge on any atom is 0.294 e. The topological polar surface area (TPSA) is 75.4 Å². The van der Waals surface area contributed by atoms with Gasteiger partial charge in [0.2, 0.25) is 5.91 Å². The van der Waals surface area contributed by atoms with Gasteiger partial charge in [-0.1, -0.05) is 50.3 Å². The first-order valence-electron chi connectivity index (χ1n) is 12.9. The number of furan rings is 1. The van der Waals surface area contributed by atoms with Gasteiger partial charge >= 0.3 is 0 Å². The lowest BCUT2D eigenvalue weighted by atomic mass is 9.84. The third-order valence-electron chi connectivity index (χ3n) is 7.41. The molecule has 1 aromatic carbocycles. The summed E-state index contributed by atoms with van der Waals surface area (Å²) in [5.41, 5.74) is 2.63. The minimum absolute atomic E-state index is 0.135. The molecule has 6 heteroatoms. The standard InChI is InChI=1S/C29H33N3O3/c33-28(31-24-11-4-5-12-24)27(23-10-6-18-30-20-23)32(29(34)26-13-7-19-35-26)25-16-14-22(15-17-25)21-8-2-1-3-9-21/h6-7,10,13-21,24,27H,1-5,8-9,11-12H2,(H,31,33). The van der Waals surface area contributed by atoms with Gasteiger partial charge in [-0.25, -0.2) is 0 Å². The molecule has 0 radical (unpaired) electrons. The molecule has 2 amide bonds. The first kappa shape index (κ1) is 23.3. The fourth-order valence-corrected chi connectivity index (χ4v) is 5.55. The fraction of sp³-hybridized carbons (Fsp3) is 0.414. The predicted octanol–water partition coefficient (Wildman–Crippen LogP) is 6.17. The Balaban J connectivity index is 1.52. The number of hydrogen-bond donors (Lipinski definition) is 1. The summed E-state index contributed by atoms with van der Waals surface area (Å²) in [7, 11) is 0. The van der Waals surface area contributed by atoms with Crippen LogP contribution in [0, 0.1) is 0 Å². The third-order valence-corrected chi connectivity index (χ3v) is 7.41. The monoisotopic (exact) mass is 471 g/mol. The van der Waals surface area contributed by atoms with E-state index in [2.05, 4.69) is 22.4 Å². The molecule has 182 valence electrons. The Bertz CT molecular complexity index is 1100. The molecule has 2 aliphatic carbocycles. The van der Waals surface area contributed by atoms with Crippen molar-refractivity contribution in [2.24, 2.45) is 0 Å². The first-order valence-corrected chi connectivity index (χ1v) is 12.9. The molecule has 1 N–H and O–H groups in total. The van der Waals surface area contributed by atoms with Gasteiger partial charge in [0.25, 0.3) is 5.91 Å². The second-order valence-corrected chi connectivity index (χ2v) is 9.76. The lowest BCUT2D eigenvalue weighted by Crippen LogP contribution is -2.46. The molecule has 5 rings (SSSR count). The van der Waals surface area contributed by atoms with Crippen molar-refractivity contribution in [1.29, 1.82) is 0 Å². The number of aromatic nitrogens is 1.